The minimum absolute atomic E-state index is 0.353. The largest absolute Gasteiger partial charge is 0.480 e. The predicted octanol–water partition coefficient (Wildman–Crippen LogP) is -0.123. The molecular weight excluding hydrogens is 222 g/mol. The molecule has 1 aliphatic rings. The number of hydrogen-bond acceptors (Lipinski definition) is 4. The lowest BCUT2D eigenvalue weighted by atomic mass is 10.1. The first-order valence-electron chi connectivity index (χ1n) is 5.52. The highest BCUT2D eigenvalue weighted by Crippen LogP contribution is 2.14. The normalized spacial score (nSPS) is 17.5. The molecule has 6 nitrogen and oxygen atoms in total. The van der Waals surface area contributed by atoms with E-state index < -0.39 is 12.0 Å². The zero-order chi connectivity index (χ0) is 12.6. The molecule has 1 unspecified atom stereocenters. The van der Waals surface area contributed by atoms with Crippen LogP contribution in [0, 0.1) is 0 Å². The fraction of sp³-hybridized carbons (Fsp3) is 0.545. The first-order chi connectivity index (χ1) is 7.99. The second-order valence-electron chi connectivity index (χ2n) is 4.40. The number of likely N-dealkylation sites (N-methyl/N-ethyl adjacent to an activating group) is 1. The minimum atomic E-state index is -1.05. The Morgan fingerprint density at radius 2 is 2.29 bits per heavy atom. The van der Waals surface area contributed by atoms with Gasteiger partial charge >= 0.3 is 5.97 Å². The number of aliphatic carboxylic acids is 1. The van der Waals surface area contributed by atoms with Gasteiger partial charge in [0.2, 0.25) is 0 Å². The zero-order valence-electron chi connectivity index (χ0n) is 9.88. The molecule has 92 valence electrons. The highest BCUT2D eigenvalue weighted by Gasteiger charge is 2.21. The van der Waals surface area contributed by atoms with Crippen molar-refractivity contribution < 1.29 is 9.90 Å². The van der Waals surface area contributed by atoms with Gasteiger partial charge in [0.05, 0.1) is 5.69 Å². The van der Waals surface area contributed by atoms with Crippen molar-refractivity contribution in [2.75, 3.05) is 13.6 Å². The lowest BCUT2D eigenvalue weighted by Crippen LogP contribution is -2.35. The fourth-order valence-corrected chi connectivity index (χ4v) is 1.94. The summed E-state index contributed by atoms with van der Waals surface area (Å²) in [7, 11) is 1.98. The number of rotatable bonds is 2. The van der Waals surface area contributed by atoms with Gasteiger partial charge in [0.15, 0.2) is 6.04 Å². The van der Waals surface area contributed by atoms with E-state index >= 15 is 0 Å². The van der Waals surface area contributed by atoms with Crippen molar-refractivity contribution in [1.29, 1.82) is 0 Å². The molecule has 17 heavy (non-hydrogen) atoms. The van der Waals surface area contributed by atoms with Crippen molar-refractivity contribution in [3.05, 3.63) is 27.7 Å². The Morgan fingerprint density at radius 1 is 1.59 bits per heavy atom. The lowest BCUT2D eigenvalue weighted by Gasteiger charge is -2.24. The number of carboxylic acids is 1. The van der Waals surface area contributed by atoms with Gasteiger partial charge in [-0.05, 0) is 19.5 Å². The summed E-state index contributed by atoms with van der Waals surface area (Å²) in [6, 6.07) is 0.574. The molecule has 1 aromatic heterocycles. The van der Waals surface area contributed by atoms with E-state index in [4.69, 9.17) is 5.11 Å². The third kappa shape index (κ3) is 2.21. The van der Waals surface area contributed by atoms with Gasteiger partial charge in [-0.1, -0.05) is 0 Å². The number of aromatic nitrogens is 2. The smallest absolute Gasteiger partial charge is 0.328 e. The number of fused-ring (bicyclic) bond motifs is 1. The van der Waals surface area contributed by atoms with Gasteiger partial charge < -0.3 is 10.0 Å². The average molecular weight is 237 g/mol. The Hall–Kier alpha value is -1.69. The molecule has 6 heteroatoms. The molecule has 0 amide bonds. The summed E-state index contributed by atoms with van der Waals surface area (Å²) >= 11 is 0. The van der Waals surface area contributed by atoms with Crippen LogP contribution in [0.25, 0.3) is 0 Å². The van der Waals surface area contributed by atoms with Crippen molar-refractivity contribution in [2.45, 2.75) is 25.9 Å². The monoisotopic (exact) mass is 237 g/mol. The van der Waals surface area contributed by atoms with Crippen molar-refractivity contribution in [1.82, 2.24) is 14.7 Å². The van der Waals surface area contributed by atoms with Crippen LogP contribution in [0.5, 0.6) is 0 Å². The first kappa shape index (κ1) is 11.8. The molecule has 1 aromatic rings. The molecule has 0 spiro atoms. The second kappa shape index (κ2) is 4.29. The Morgan fingerprint density at radius 3 is 2.94 bits per heavy atom. The van der Waals surface area contributed by atoms with Crippen LogP contribution in [0.15, 0.2) is 10.9 Å². The van der Waals surface area contributed by atoms with Crippen LogP contribution in [-0.2, 0) is 17.8 Å². The van der Waals surface area contributed by atoms with E-state index in [1.807, 2.05) is 7.05 Å². The minimum Gasteiger partial charge on any atom is -0.480 e. The van der Waals surface area contributed by atoms with Crippen molar-refractivity contribution in [3.8, 4) is 0 Å². The van der Waals surface area contributed by atoms with Crippen molar-refractivity contribution >= 4 is 5.97 Å². The average Bonchev–Trinajstić information content (AvgIpc) is 2.27. The molecule has 0 radical (unpaired) electrons. The van der Waals surface area contributed by atoms with Crippen LogP contribution in [0.4, 0.5) is 0 Å². The first-order valence-corrected chi connectivity index (χ1v) is 5.52. The van der Waals surface area contributed by atoms with Gasteiger partial charge in [-0.3, -0.25) is 4.79 Å². The van der Waals surface area contributed by atoms with E-state index in [1.54, 1.807) is 0 Å². The van der Waals surface area contributed by atoms with Crippen molar-refractivity contribution in [2.24, 2.45) is 0 Å². The second-order valence-corrected chi connectivity index (χ2v) is 4.40. The van der Waals surface area contributed by atoms with E-state index in [2.05, 4.69) is 10.00 Å². The number of carboxylic acid groups (broad SMARTS) is 1. The maximum Gasteiger partial charge on any atom is 0.328 e. The third-order valence-electron chi connectivity index (χ3n) is 3.02. The summed E-state index contributed by atoms with van der Waals surface area (Å²) in [5.41, 5.74) is 1.38. The Bertz CT molecular complexity index is 509. The Kier molecular flexibility index (Phi) is 2.97. The van der Waals surface area contributed by atoms with Crippen LogP contribution >= 0.6 is 0 Å². The highest BCUT2D eigenvalue weighted by molar-refractivity contribution is 5.71. The highest BCUT2D eigenvalue weighted by atomic mass is 16.4. The number of carbonyl (C=O) groups is 1. The summed E-state index contributed by atoms with van der Waals surface area (Å²) < 4.78 is 1.05. The number of nitrogens with zero attached hydrogens (tertiary/aromatic N) is 3. The summed E-state index contributed by atoms with van der Waals surface area (Å²) in [6.07, 6.45) is 0.748. The summed E-state index contributed by atoms with van der Waals surface area (Å²) in [4.78, 5) is 24.7. The summed E-state index contributed by atoms with van der Waals surface area (Å²) in [6.45, 7) is 3.03. The van der Waals surface area contributed by atoms with Gasteiger partial charge in [0.25, 0.3) is 5.56 Å². The van der Waals surface area contributed by atoms with Crippen LogP contribution in [-0.4, -0.2) is 39.3 Å². The molecule has 0 aliphatic carbocycles. The summed E-state index contributed by atoms with van der Waals surface area (Å²) in [5.74, 6) is -1.05. The third-order valence-corrected chi connectivity index (χ3v) is 3.02. The topological polar surface area (TPSA) is 75.4 Å². The SMILES string of the molecule is CC(C(=O)O)n1nc2c(cc1=O)CN(C)CC2. The lowest BCUT2D eigenvalue weighted by molar-refractivity contribution is -0.140. The molecule has 0 saturated heterocycles. The predicted molar refractivity (Wildman–Crippen MR) is 60.9 cm³/mol. The Balaban J connectivity index is 2.45. The van der Waals surface area contributed by atoms with Crippen LogP contribution in [0.1, 0.15) is 24.2 Å². The molecule has 0 saturated carbocycles. The molecule has 2 rings (SSSR count). The number of hydrogen-bond donors (Lipinski definition) is 1. The standard InChI is InChI=1S/C11H15N3O3/c1-7(11(16)17)14-10(15)5-8-6-13(2)4-3-9(8)12-14/h5,7H,3-4,6H2,1-2H3,(H,16,17). The maximum absolute atomic E-state index is 11.8. The molecule has 0 fully saturated rings. The van der Waals surface area contributed by atoms with Crippen LogP contribution in [0.3, 0.4) is 0 Å². The molecule has 1 N–H and O–H groups in total. The molecule has 1 aliphatic heterocycles. The van der Waals surface area contributed by atoms with Gasteiger partial charge in [-0.25, -0.2) is 9.48 Å². The fourth-order valence-electron chi connectivity index (χ4n) is 1.94. The van der Waals surface area contributed by atoms with E-state index in [1.165, 1.54) is 13.0 Å². The van der Waals surface area contributed by atoms with E-state index in [9.17, 15) is 9.59 Å². The zero-order valence-corrected chi connectivity index (χ0v) is 9.88. The van der Waals surface area contributed by atoms with Gasteiger partial charge in [0, 0.05) is 25.6 Å². The molecule has 0 aromatic carbocycles. The molecule has 1 atom stereocenters. The molecule has 2 heterocycles. The van der Waals surface area contributed by atoms with E-state index in [0.29, 0.717) is 6.54 Å². The van der Waals surface area contributed by atoms with Gasteiger partial charge in [-0.15, -0.1) is 0 Å². The van der Waals surface area contributed by atoms with Crippen LogP contribution in [0.2, 0.25) is 0 Å². The van der Waals surface area contributed by atoms with Crippen LogP contribution < -0.4 is 5.56 Å². The molecular formula is C11H15N3O3. The van der Waals surface area contributed by atoms with Gasteiger partial charge in [0.1, 0.15) is 0 Å². The van der Waals surface area contributed by atoms with E-state index in [0.717, 1.165) is 28.9 Å². The van der Waals surface area contributed by atoms with Gasteiger partial charge in [-0.2, -0.15) is 5.10 Å². The quantitative estimate of drug-likeness (QED) is 0.776. The van der Waals surface area contributed by atoms with E-state index in [-0.39, 0.29) is 5.56 Å². The Labute approximate surface area is 98.5 Å². The molecule has 0 bridgehead atoms. The summed E-state index contributed by atoms with van der Waals surface area (Å²) in [5, 5.41) is 13.1. The maximum atomic E-state index is 11.8. The van der Waals surface area contributed by atoms with Crippen molar-refractivity contribution in [3.63, 3.8) is 0 Å².